The van der Waals surface area contributed by atoms with Crippen molar-refractivity contribution in [2.45, 2.75) is 19.8 Å². The summed E-state index contributed by atoms with van der Waals surface area (Å²) in [4.78, 5) is 28.4. The molecule has 0 unspecified atom stereocenters. The van der Waals surface area contributed by atoms with E-state index in [0.29, 0.717) is 5.69 Å². The molecule has 2 aromatic heterocycles. The third-order valence-electron chi connectivity index (χ3n) is 5.27. The number of urea groups is 1. The molecule has 12 heteroatoms. The van der Waals surface area contributed by atoms with Crippen molar-refractivity contribution in [1.82, 2.24) is 20.1 Å². The lowest BCUT2D eigenvalue weighted by Gasteiger charge is -2.12. The Morgan fingerprint density at radius 1 is 0.921 bits per heavy atom. The van der Waals surface area contributed by atoms with E-state index in [1.165, 1.54) is 42.2 Å². The fourth-order valence-corrected chi connectivity index (χ4v) is 3.42. The predicted octanol–water partition coefficient (Wildman–Crippen LogP) is 5.60. The van der Waals surface area contributed by atoms with Crippen molar-refractivity contribution in [2.24, 2.45) is 0 Å². The summed E-state index contributed by atoms with van der Waals surface area (Å²) in [5.74, 6) is -2.35. The van der Waals surface area contributed by atoms with Crippen LogP contribution in [0.2, 0.25) is 0 Å². The molecule has 196 valence electrons. The molecule has 0 aliphatic rings. The van der Waals surface area contributed by atoms with Crippen LogP contribution in [0.5, 0.6) is 11.5 Å². The summed E-state index contributed by atoms with van der Waals surface area (Å²) in [7, 11) is 1.47. The number of aromatic nitrogens is 3. The second-order valence-corrected chi connectivity index (χ2v) is 8.43. The molecular weight excluding hydrogens is 501 g/mol. The molecule has 2 aromatic carbocycles. The van der Waals surface area contributed by atoms with E-state index < -0.39 is 29.4 Å². The number of ether oxygens (including phenoxy) is 1. The number of rotatable bonds is 7. The third-order valence-corrected chi connectivity index (χ3v) is 5.27. The minimum atomic E-state index is -0.810. The number of halogens is 3. The molecule has 0 aliphatic carbocycles. The van der Waals surface area contributed by atoms with Crippen LogP contribution < -0.4 is 20.7 Å². The van der Waals surface area contributed by atoms with Crippen molar-refractivity contribution in [3.05, 3.63) is 89.6 Å². The highest BCUT2D eigenvalue weighted by atomic mass is 19.1. The number of hydrogen-bond acceptors (Lipinski definition) is 5. The predicted molar refractivity (Wildman–Crippen MR) is 134 cm³/mol. The lowest BCUT2D eigenvalue weighted by Crippen LogP contribution is -2.22. The van der Waals surface area contributed by atoms with Crippen molar-refractivity contribution in [2.75, 3.05) is 17.7 Å². The average Bonchev–Trinajstić information content (AvgIpc) is 3.29. The Morgan fingerprint density at radius 3 is 2.29 bits per heavy atom. The first kappa shape index (κ1) is 26.2. The van der Waals surface area contributed by atoms with E-state index in [1.54, 1.807) is 6.07 Å². The second-order valence-electron chi connectivity index (χ2n) is 8.43. The largest absolute Gasteiger partial charge is 0.457 e. The van der Waals surface area contributed by atoms with Gasteiger partial charge in [0.2, 0.25) is 0 Å². The van der Waals surface area contributed by atoms with Gasteiger partial charge in [0, 0.05) is 37.5 Å². The van der Waals surface area contributed by atoms with Crippen molar-refractivity contribution < 1.29 is 27.5 Å². The normalized spacial score (nSPS) is 10.8. The number of anilines is 2. The van der Waals surface area contributed by atoms with Crippen LogP contribution >= 0.6 is 0 Å². The van der Waals surface area contributed by atoms with E-state index in [4.69, 9.17) is 4.74 Å². The lowest BCUT2D eigenvalue weighted by atomic mass is 10.1. The number of pyridine rings is 1. The van der Waals surface area contributed by atoms with Crippen LogP contribution in [-0.2, 0) is 0 Å². The lowest BCUT2D eigenvalue weighted by molar-refractivity contribution is 0.0957. The summed E-state index contributed by atoms with van der Waals surface area (Å²) in [6, 6.07) is 10.3. The summed E-state index contributed by atoms with van der Waals surface area (Å²) in [5.41, 5.74) is 0.602. The van der Waals surface area contributed by atoms with E-state index in [1.807, 2.05) is 13.8 Å². The van der Waals surface area contributed by atoms with Gasteiger partial charge in [0.1, 0.15) is 40.5 Å². The number of amides is 3. The maximum absolute atomic E-state index is 14.8. The third kappa shape index (κ3) is 6.09. The van der Waals surface area contributed by atoms with Crippen LogP contribution in [0.25, 0.3) is 5.69 Å². The molecule has 0 atom stereocenters. The zero-order valence-corrected chi connectivity index (χ0v) is 20.6. The first-order valence-electron chi connectivity index (χ1n) is 11.4. The minimum Gasteiger partial charge on any atom is -0.457 e. The van der Waals surface area contributed by atoms with Crippen molar-refractivity contribution >= 4 is 23.4 Å². The highest BCUT2D eigenvalue weighted by Gasteiger charge is 2.17. The van der Waals surface area contributed by atoms with Gasteiger partial charge in [0.15, 0.2) is 0 Å². The number of nitrogens with zero attached hydrogens (tertiary/aromatic N) is 3. The summed E-state index contributed by atoms with van der Waals surface area (Å²) >= 11 is 0. The molecule has 3 N–H and O–H groups in total. The molecule has 0 spiro atoms. The molecule has 0 aliphatic heterocycles. The van der Waals surface area contributed by atoms with Gasteiger partial charge in [0.05, 0.1) is 17.1 Å². The van der Waals surface area contributed by atoms with Gasteiger partial charge in [-0.25, -0.2) is 22.6 Å². The zero-order valence-electron chi connectivity index (χ0n) is 20.6. The summed E-state index contributed by atoms with van der Waals surface area (Å²) in [5, 5.41) is 11.7. The Balaban J connectivity index is 1.50. The molecule has 0 saturated carbocycles. The number of benzene rings is 2. The highest BCUT2D eigenvalue weighted by molar-refractivity contribution is 5.99. The standard InChI is InChI=1S/C26H23F3N6O3/c1-14(2)22-13-24(35(34-22)17-9-15(27)8-16(28)10-17)33-26(37)32-21-5-4-18(11-20(21)29)38-19-6-7-31-23(12-19)25(36)30-3/h4-14H,1-3H3,(H,30,36)(H2,32,33,37). The van der Waals surface area contributed by atoms with Gasteiger partial charge >= 0.3 is 6.03 Å². The van der Waals surface area contributed by atoms with Crippen LogP contribution in [0.3, 0.4) is 0 Å². The Bertz CT molecular complexity index is 1490. The fraction of sp³-hybridized carbons (Fsp3) is 0.154. The molecule has 38 heavy (non-hydrogen) atoms. The van der Waals surface area contributed by atoms with Gasteiger partial charge in [-0.05, 0) is 36.2 Å². The fourth-order valence-electron chi connectivity index (χ4n) is 3.42. The van der Waals surface area contributed by atoms with Gasteiger partial charge in [-0.2, -0.15) is 5.10 Å². The maximum Gasteiger partial charge on any atom is 0.324 e. The Hall–Kier alpha value is -4.87. The molecule has 0 bridgehead atoms. The average molecular weight is 525 g/mol. The van der Waals surface area contributed by atoms with Crippen LogP contribution in [0.1, 0.15) is 35.9 Å². The monoisotopic (exact) mass is 524 g/mol. The van der Waals surface area contributed by atoms with E-state index in [2.05, 4.69) is 26.0 Å². The van der Waals surface area contributed by atoms with E-state index in [0.717, 1.165) is 24.3 Å². The first-order chi connectivity index (χ1) is 18.1. The van der Waals surface area contributed by atoms with E-state index in [9.17, 15) is 22.8 Å². The minimum absolute atomic E-state index is 0.0453. The van der Waals surface area contributed by atoms with Crippen LogP contribution in [-0.4, -0.2) is 33.8 Å². The first-order valence-corrected chi connectivity index (χ1v) is 11.4. The summed E-state index contributed by atoms with van der Waals surface area (Å²) in [6.07, 6.45) is 1.38. The molecule has 4 aromatic rings. The maximum atomic E-state index is 14.8. The highest BCUT2D eigenvalue weighted by Crippen LogP contribution is 2.27. The SMILES string of the molecule is CNC(=O)c1cc(Oc2ccc(NC(=O)Nc3cc(C(C)C)nn3-c3cc(F)cc(F)c3)c(F)c2)ccn1. The Kier molecular flexibility index (Phi) is 7.61. The van der Waals surface area contributed by atoms with Crippen molar-refractivity contribution in [1.29, 1.82) is 0 Å². The molecule has 9 nitrogen and oxygen atoms in total. The molecule has 4 rings (SSSR count). The van der Waals surface area contributed by atoms with Gasteiger partial charge in [0.25, 0.3) is 5.91 Å². The van der Waals surface area contributed by atoms with E-state index in [-0.39, 0.29) is 40.3 Å². The van der Waals surface area contributed by atoms with Crippen LogP contribution in [0.4, 0.5) is 29.5 Å². The van der Waals surface area contributed by atoms with Crippen molar-refractivity contribution in [3.63, 3.8) is 0 Å². The molecule has 0 radical (unpaired) electrons. The quantitative estimate of drug-likeness (QED) is 0.291. The summed E-state index contributed by atoms with van der Waals surface area (Å²) in [6.45, 7) is 3.74. The second kappa shape index (κ2) is 11.0. The number of carbonyl (C=O) groups excluding carboxylic acids is 2. The van der Waals surface area contributed by atoms with Crippen LogP contribution in [0, 0.1) is 17.5 Å². The Labute approximate surface area is 215 Å². The van der Waals surface area contributed by atoms with Gasteiger partial charge < -0.3 is 15.4 Å². The molecule has 3 amide bonds. The molecule has 0 fully saturated rings. The van der Waals surface area contributed by atoms with Gasteiger partial charge in [-0.3, -0.25) is 15.1 Å². The molecule has 0 saturated heterocycles. The van der Waals surface area contributed by atoms with Gasteiger partial charge in [-0.15, -0.1) is 0 Å². The smallest absolute Gasteiger partial charge is 0.324 e. The molecule has 2 heterocycles. The van der Waals surface area contributed by atoms with Crippen LogP contribution in [0.15, 0.2) is 60.8 Å². The zero-order chi connectivity index (χ0) is 27.4. The number of hydrogen-bond donors (Lipinski definition) is 3. The topological polar surface area (TPSA) is 110 Å². The number of carbonyl (C=O) groups is 2. The molecular formula is C26H23F3N6O3. The summed E-state index contributed by atoms with van der Waals surface area (Å²) < 4.78 is 49.1. The van der Waals surface area contributed by atoms with E-state index >= 15 is 0 Å². The van der Waals surface area contributed by atoms with Crippen molar-refractivity contribution in [3.8, 4) is 17.2 Å². The Morgan fingerprint density at radius 2 is 1.63 bits per heavy atom. The number of nitrogens with one attached hydrogen (secondary N) is 3. The van der Waals surface area contributed by atoms with Gasteiger partial charge in [-0.1, -0.05) is 13.8 Å².